The highest BCUT2D eigenvalue weighted by Gasteiger charge is 2.36. The van der Waals surface area contributed by atoms with E-state index in [4.69, 9.17) is 0 Å². The Hall–Kier alpha value is -1.72. The lowest BCUT2D eigenvalue weighted by Gasteiger charge is -2.16. The number of hydrogen-bond donors (Lipinski definition) is 2. The molecule has 2 aliphatic heterocycles. The van der Waals surface area contributed by atoms with Crippen LogP contribution in [-0.4, -0.2) is 41.0 Å². The molecule has 0 spiro atoms. The first kappa shape index (κ1) is 12.1. The van der Waals surface area contributed by atoms with Crippen LogP contribution in [0.2, 0.25) is 0 Å². The van der Waals surface area contributed by atoms with Crippen LogP contribution in [0.5, 0.6) is 0 Å². The number of para-hydroxylation sites is 1. The largest absolute Gasteiger partial charge is 0.316 e. The minimum atomic E-state index is -0.0355. The third kappa shape index (κ3) is 2.03. The average Bonchev–Trinajstić information content (AvgIpc) is 2.99. The van der Waals surface area contributed by atoms with Gasteiger partial charge in [0.1, 0.15) is 5.82 Å². The molecule has 2 aromatic rings. The Morgan fingerprint density at radius 1 is 1.20 bits per heavy atom. The van der Waals surface area contributed by atoms with Crippen molar-refractivity contribution in [3.63, 3.8) is 0 Å². The number of benzene rings is 1. The van der Waals surface area contributed by atoms with Crippen LogP contribution in [0.4, 0.5) is 0 Å². The first-order valence-corrected chi connectivity index (χ1v) is 7.20. The molecule has 2 aliphatic rings. The predicted octanol–water partition coefficient (Wildman–Crippen LogP) is 0.574. The fraction of sp³-hybridized carbons (Fsp3) is 0.467. The highest BCUT2D eigenvalue weighted by molar-refractivity contribution is 5.77. The van der Waals surface area contributed by atoms with Gasteiger partial charge in [0, 0.05) is 13.1 Å². The number of aromatic nitrogens is 2. The van der Waals surface area contributed by atoms with Gasteiger partial charge in [-0.2, -0.15) is 0 Å². The van der Waals surface area contributed by atoms with Gasteiger partial charge in [-0.25, -0.2) is 4.98 Å². The van der Waals surface area contributed by atoms with Gasteiger partial charge in [0.05, 0.1) is 17.4 Å². The Morgan fingerprint density at radius 2 is 1.95 bits per heavy atom. The molecule has 20 heavy (non-hydrogen) atoms. The number of aromatic amines is 1. The minimum absolute atomic E-state index is 0.0355. The van der Waals surface area contributed by atoms with Gasteiger partial charge in [0.15, 0.2) is 0 Å². The number of nitrogens with one attached hydrogen (secondary N) is 2. The van der Waals surface area contributed by atoms with Gasteiger partial charge >= 0.3 is 0 Å². The molecule has 4 rings (SSSR count). The highest BCUT2D eigenvalue weighted by Crippen LogP contribution is 2.26. The topological polar surface area (TPSA) is 61.0 Å². The fourth-order valence-electron chi connectivity index (χ4n) is 3.50. The van der Waals surface area contributed by atoms with E-state index in [2.05, 4.69) is 20.2 Å². The summed E-state index contributed by atoms with van der Waals surface area (Å²) < 4.78 is 0. The van der Waals surface area contributed by atoms with Crippen LogP contribution in [-0.2, 0) is 6.54 Å². The van der Waals surface area contributed by atoms with Crippen LogP contribution >= 0.6 is 0 Å². The van der Waals surface area contributed by atoms with E-state index in [1.165, 1.54) is 0 Å². The van der Waals surface area contributed by atoms with Gasteiger partial charge in [-0.3, -0.25) is 9.69 Å². The summed E-state index contributed by atoms with van der Waals surface area (Å²) in [5.74, 6) is 2.31. The zero-order valence-electron chi connectivity index (χ0n) is 11.3. The summed E-state index contributed by atoms with van der Waals surface area (Å²) in [5, 5.41) is 4.11. The van der Waals surface area contributed by atoms with Crippen LogP contribution < -0.4 is 10.9 Å². The summed E-state index contributed by atoms with van der Waals surface area (Å²) in [6, 6.07) is 7.51. The summed E-state index contributed by atoms with van der Waals surface area (Å²) in [6.45, 7) is 5.21. The maximum absolute atomic E-state index is 12.0. The molecule has 1 aromatic heterocycles. The number of rotatable bonds is 2. The van der Waals surface area contributed by atoms with Crippen molar-refractivity contribution in [2.75, 3.05) is 26.2 Å². The van der Waals surface area contributed by atoms with Crippen LogP contribution in [0.25, 0.3) is 10.9 Å². The zero-order chi connectivity index (χ0) is 13.5. The van der Waals surface area contributed by atoms with E-state index < -0.39 is 0 Å². The van der Waals surface area contributed by atoms with Crippen molar-refractivity contribution >= 4 is 10.9 Å². The van der Waals surface area contributed by atoms with Gasteiger partial charge in [0.25, 0.3) is 5.56 Å². The summed E-state index contributed by atoms with van der Waals surface area (Å²) in [6.07, 6.45) is 0. The van der Waals surface area contributed by atoms with Gasteiger partial charge in [0.2, 0.25) is 0 Å². The molecule has 2 saturated heterocycles. The monoisotopic (exact) mass is 270 g/mol. The molecule has 2 unspecified atom stereocenters. The molecule has 1 aromatic carbocycles. The Morgan fingerprint density at radius 3 is 2.75 bits per heavy atom. The molecular formula is C15H18N4O. The summed E-state index contributed by atoms with van der Waals surface area (Å²) in [4.78, 5) is 22.0. The standard InChI is InChI=1S/C15H18N4O/c20-15-12-3-1-2-4-13(12)17-14(18-15)9-19-7-10-5-16-6-11(10)8-19/h1-4,10-11,16H,5-9H2,(H,17,18,20). The Balaban J connectivity index is 1.59. The zero-order valence-corrected chi connectivity index (χ0v) is 11.3. The van der Waals surface area contributed by atoms with Crippen molar-refractivity contribution in [1.82, 2.24) is 20.2 Å². The maximum Gasteiger partial charge on any atom is 0.258 e. The Kier molecular flexibility index (Phi) is 2.82. The van der Waals surface area contributed by atoms with Gasteiger partial charge in [-0.05, 0) is 37.1 Å². The third-order valence-corrected chi connectivity index (χ3v) is 4.50. The molecule has 0 bridgehead atoms. The van der Waals surface area contributed by atoms with Crippen LogP contribution in [0.15, 0.2) is 29.1 Å². The van der Waals surface area contributed by atoms with E-state index in [1.54, 1.807) is 0 Å². The number of fused-ring (bicyclic) bond motifs is 2. The number of likely N-dealkylation sites (tertiary alicyclic amines) is 1. The average molecular weight is 270 g/mol. The van der Waals surface area contributed by atoms with Crippen LogP contribution in [0.3, 0.4) is 0 Å². The van der Waals surface area contributed by atoms with Crippen molar-refractivity contribution in [3.8, 4) is 0 Å². The van der Waals surface area contributed by atoms with E-state index in [9.17, 15) is 4.79 Å². The van der Waals surface area contributed by atoms with E-state index in [0.29, 0.717) is 5.39 Å². The summed E-state index contributed by atoms with van der Waals surface area (Å²) >= 11 is 0. The van der Waals surface area contributed by atoms with Gasteiger partial charge < -0.3 is 10.3 Å². The number of H-pyrrole nitrogens is 1. The molecule has 0 saturated carbocycles. The Bertz CT molecular complexity index is 684. The molecule has 2 atom stereocenters. The van der Waals surface area contributed by atoms with E-state index in [0.717, 1.165) is 55.9 Å². The van der Waals surface area contributed by atoms with E-state index in [-0.39, 0.29) is 5.56 Å². The van der Waals surface area contributed by atoms with Crippen molar-refractivity contribution in [2.45, 2.75) is 6.54 Å². The lowest BCUT2D eigenvalue weighted by molar-refractivity contribution is 0.298. The predicted molar refractivity (Wildman–Crippen MR) is 77.5 cm³/mol. The normalized spacial score (nSPS) is 26.2. The number of hydrogen-bond acceptors (Lipinski definition) is 4. The SMILES string of the molecule is O=c1[nH]c(CN2CC3CNCC3C2)nc2ccccc12. The highest BCUT2D eigenvalue weighted by atomic mass is 16.1. The second kappa shape index (κ2) is 4.68. The minimum Gasteiger partial charge on any atom is -0.316 e. The molecule has 0 amide bonds. The summed E-state index contributed by atoms with van der Waals surface area (Å²) in [5.41, 5.74) is 0.749. The van der Waals surface area contributed by atoms with E-state index >= 15 is 0 Å². The second-order valence-corrected chi connectivity index (χ2v) is 5.90. The van der Waals surface area contributed by atoms with Crippen LogP contribution in [0, 0.1) is 11.8 Å². The first-order chi connectivity index (χ1) is 9.79. The molecule has 2 N–H and O–H groups in total. The summed E-state index contributed by atoms with van der Waals surface area (Å²) in [7, 11) is 0. The van der Waals surface area contributed by atoms with Crippen molar-refractivity contribution in [2.24, 2.45) is 11.8 Å². The maximum atomic E-state index is 12.0. The Labute approximate surface area is 117 Å². The second-order valence-electron chi connectivity index (χ2n) is 5.90. The fourth-order valence-corrected chi connectivity index (χ4v) is 3.50. The lowest BCUT2D eigenvalue weighted by atomic mass is 10.0. The molecule has 0 aliphatic carbocycles. The number of nitrogens with zero attached hydrogens (tertiary/aromatic N) is 2. The van der Waals surface area contributed by atoms with Crippen molar-refractivity contribution in [3.05, 3.63) is 40.4 Å². The molecule has 5 nitrogen and oxygen atoms in total. The molecule has 104 valence electrons. The van der Waals surface area contributed by atoms with Crippen LogP contribution in [0.1, 0.15) is 5.82 Å². The lowest BCUT2D eigenvalue weighted by Crippen LogP contribution is -2.27. The third-order valence-electron chi connectivity index (χ3n) is 4.50. The molecule has 5 heteroatoms. The van der Waals surface area contributed by atoms with Crippen molar-refractivity contribution in [1.29, 1.82) is 0 Å². The first-order valence-electron chi connectivity index (χ1n) is 7.20. The molecule has 3 heterocycles. The quantitative estimate of drug-likeness (QED) is 0.838. The van der Waals surface area contributed by atoms with Crippen molar-refractivity contribution < 1.29 is 0 Å². The van der Waals surface area contributed by atoms with Gasteiger partial charge in [-0.15, -0.1) is 0 Å². The smallest absolute Gasteiger partial charge is 0.258 e. The molecular weight excluding hydrogens is 252 g/mol. The molecule has 0 radical (unpaired) electrons. The molecule has 2 fully saturated rings. The van der Waals surface area contributed by atoms with E-state index in [1.807, 2.05) is 24.3 Å². The van der Waals surface area contributed by atoms with Gasteiger partial charge in [-0.1, -0.05) is 12.1 Å².